The fraction of sp³-hybridized carbons (Fsp3) is 0.138. The lowest BCUT2D eigenvalue weighted by Gasteiger charge is -2.12. The topological polar surface area (TPSA) is 63.9 Å². The van der Waals surface area contributed by atoms with Crippen molar-refractivity contribution in [3.63, 3.8) is 0 Å². The van der Waals surface area contributed by atoms with E-state index in [-0.39, 0.29) is 5.91 Å². The molecule has 2 heterocycles. The Bertz CT molecular complexity index is 1570. The van der Waals surface area contributed by atoms with Gasteiger partial charge in [0.2, 0.25) is 0 Å². The quantitative estimate of drug-likeness (QED) is 0.205. The summed E-state index contributed by atoms with van der Waals surface area (Å²) in [5.74, 6) is -0.531. The van der Waals surface area contributed by atoms with E-state index in [9.17, 15) is 9.59 Å². The van der Waals surface area contributed by atoms with Crippen LogP contribution in [0, 0.1) is 0 Å². The zero-order valence-electron chi connectivity index (χ0n) is 20.3. The van der Waals surface area contributed by atoms with E-state index in [2.05, 4.69) is 27.9 Å². The highest BCUT2D eigenvalue weighted by atomic mass is 35.5. The van der Waals surface area contributed by atoms with Crippen LogP contribution < -0.4 is 0 Å². The van der Waals surface area contributed by atoms with E-state index < -0.39 is 5.97 Å². The van der Waals surface area contributed by atoms with Gasteiger partial charge < -0.3 is 9.30 Å². The van der Waals surface area contributed by atoms with Crippen molar-refractivity contribution >= 4 is 63.1 Å². The van der Waals surface area contributed by atoms with Gasteiger partial charge in [0.15, 0.2) is 5.17 Å². The molecule has 3 aromatic carbocycles. The molecule has 0 atom stereocenters. The van der Waals surface area contributed by atoms with Gasteiger partial charge in [0.25, 0.3) is 5.91 Å². The largest absolute Gasteiger partial charge is 0.465 e. The average molecular weight is 530 g/mol. The maximum absolute atomic E-state index is 13.3. The van der Waals surface area contributed by atoms with E-state index in [0.717, 1.165) is 27.1 Å². The molecule has 0 bridgehead atoms. The molecule has 5 rings (SSSR count). The van der Waals surface area contributed by atoms with Crippen molar-refractivity contribution in [2.75, 3.05) is 13.7 Å². The van der Waals surface area contributed by atoms with Gasteiger partial charge in [-0.15, -0.1) is 0 Å². The van der Waals surface area contributed by atoms with E-state index in [0.29, 0.717) is 34.4 Å². The summed E-state index contributed by atoms with van der Waals surface area (Å²) in [5, 5.41) is 2.34. The molecule has 0 unspecified atom stereocenters. The van der Waals surface area contributed by atoms with Gasteiger partial charge in [0, 0.05) is 40.8 Å². The minimum atomic E-state index is -0.432. The molecule has 6 nitrogen and oxygen atoms in total. The van der Waals surface area contributed by atoms with Crippen LogP contribution in [-0.2, 0) is 16.1 Å². The summed E-state index contributed by atoms with van der Waals surface area (Å²) < 4.78 is 6.96. The summed E-state index contributed by atoms with van der Waals surface area (Å²) in [7, 11) is 1.34. The number of hydrogen-bond donors (Lipinski definition) is 0. The van der Waals surface area contributed by atoms with Crippen molar-refractivity contribution in [1.29, 1.82) is 0 Å². The molecule has 1 saturated heterocycles. The van der Waals surface area contributed by atoms with E-state index >= 15 is 0 Å². The predicted octanol–water partition coefficient (Wildman–Crippen LogP) is 6.75. The third kappa shape index (κ3) is 5.05. The summed E-state index contributed by atoms with van der Waals surface area (Å²) in [5.41, 5.74) is 4.02. The first-order chi connectivity index (χ1) is 18.0. The number of amides is 1. The Morgan fingerprint density at radius 2 is 1.86 bits per heavy atom. The number of halogens is 1. The summed E-state index contributed by atoms with van der Waals surface area (Å²) in [6, 6.07) is 22.8. The molecule has 4 aromatic rings. The lowest BCUT2D eigenvalue weighted by Crippen LogP contribution is -2.28. The third-order valence-electron chi connectivity index (χ3n) is 6.10. The van der Waals surface area contributed by atoms with Crippen molar-refractivity contribution in [2.24, 2.45) is 4.99 Å². The van der Waals surface area contributed by atoms with Gasteiger partial charge in [-0.2, -0.15) is 0 Å². The number of benzene rings is 3. The van der Waals surface area contributed by atoms with Crippen LogP contribution in [0.1, 0.15) is 28.4 Å². The van der Waals surface area contributed by atoms with Crippen molar-refractivity contribution in [2.45, 2.75) is 13.5 Å². The second-order valence-corrected chi connectivity index (χ2v) is 9.83. The molecule has 186 valence electrons. The summed E-state index contributed by atoms with van der Waals surface area (Å²) in [4.78, 5) is 32.1. The molecular formula is C29H24ClN3O3S. The SMILES string of the molecule is CCN1C(=O)C(=Cc2cn(Cc3ccccc3Cl)c3ccccc23)SC1=Nc1cccc(C(=O)OC)c1. The molecule has 1 aliphatic rings. The highest BCUT2D eigenvalue weighted by Gasteiger charge is 2.32. The Morgan fingerprint density at radius 1 is 1.08 bits per heavy atom. The zero-order valence-corrected chi connectivity index (χ0v) is 21.9. The van der Waals surface area contributed by atoms with Crippen molar-refractivity contribution in [1.82, 2.24) is 9.47 Å². The number of likely N-dealkylation sites (N-methyl/N-ethyl adjacent to an activating group) is 1. The molecule has 37 heavy (non-hydrogen) atoms. The first-order valence-corrected chi connectivity index (χ1v) is 13.0. The van der Waals surface area contributed by atoms with Crippen LogP contribution in [0.3, 0.4) is 0 Å². The number of rotatable bonds is 6. The van der Waals surface area contributed by atoms with Crippen LogP contribution >= 0.6 is 23.4 Å². The van der Waals surface area contributed by atoms with Gasteiger partial charge in [-0.1, -0.05) is 54.1 Å². The fourth-order valence-electron chi connectivity index (χ4n) is 4.27. The van der Waals surface area contributed by atoms with Gasteiger partial charge in [-0.3, -0.25) is 9.69 Å². The Morgan fingerprint density at radius 3 is 2.65 bits per heavy atom. The normalized spacial score (nSPS) is 15.8. The summed E-state index contributed by atoms with van der Waals surface area (Å²) in [6.45, 7) is 3.01. The van der Waals surface area contributed by atoms with Gasteiger partial charge >= 0.3 is 5.97 Å². The summed E-state index contributed by atoms with van der Waals surface area (Å²) in [6.07, 6.45) is 3.98. The number of methoxy groups -OCH3 is 1. The van der Waals surface area contributed by atoms with E-state index in [4.69, 9.17) is 16.3 Å². The highest BCUT2D eigenvalue weighted by molar-refractivity contribution is 8.18. The van der Waals surface area contributed by atoms with Gasteiger partial charge in [-0.25, -0.2) is 9.79 Å². The van der Waals surface area contributed by atoms with E-state index in [1.54, 1.807) is 29.2 Å². The molecule has 0 spiro atoms. The first-order valence-electron chi connectivity index (χ1n) is 11.8. The van der Waals surface area contributed by atoms with Crippen molar-refractivity contribution in [3.05, 3.63) is 106 Å². The van der Waals surface area contributed by atoms with E-state index in [1.807, 2.05) is 49.4 Å². The number of amidine groups is 1. The number of aliphatic imine (C=N–C) groups is 1. The average Bonchev–Trinajstić information content (AvgIpc) is 3.41. The van der Waals surface area contributed by atoms with E-state index in [1.165, 1.54) is 18.9 Å². The summed E-state index contributed by atoms with van der Waals surface area (Å²) >= 11 is 7.75. The van der Waals surface area contributed by atoms with Crippen LogP contribution in [0.5, 0.6) is 0 Å². The smallest absolute Gasteiger partial charge is 0.337 e. The minimum Gasteiger partial charge on any atom is -0.465 e. The number of aromatic nitrogens is 1. The standard InChI is InChI=1S/C29H24ClN3O3S/c1-3-33-27(34)26(37-29(33)31-22-11-8-10-19(15-22)28(35)36-2)16-21-18-32(25-14-7-5-12-23(21)25)17-20-9-4-6-13-24(20)30/h4-16,18H,3,17H2,1-2H3. The predicted molar refractivity (Wildman–Crippen MR) is 150 cm³/mol. The molecule has 1 aromatic heterocycles. The molecule has 0 N–H and O–H groups in total. The molecule has 8 heteroatoms. The third-order valence-corrected chi connectivity index (χ3v) is 7.48. The number of esters is 1. The van der Waals surface area contributed by atoms with Crippen LogP contribution in [0.4, 0.5) is 5.69 Å². The van der Waals surface area contributed by atoms with Crippen LogP contribution in [0.15, 0.2) is 88.9 Å². The zero-order chi connectivity index (χ0) is 25.9. The minimum absolute atomic E-state index is 0.0988. The number of para-hydroxylation sites is 1. The van der Waals surface area contributed by atoms with Crippen LogP contribution in [0.2, 0.25) is 5.02 Å². The first kappa shape index (κ1) is 24.9. The van der Waals surface area contributed by atoms with Gasteiger partial charge in [0.05, 0.1) is 23.3 Å². The van der Waals surface area contributed by atoms with Gasteiger partial charge in [0.1, 0.15) is 0 Å². The molecule has 1 aliphatic heterocycles. The van der Waals surface area contributed by atoms with Crippen molar-refractivity contribution in [3.8, 4) is 0 Å². The lowest BCUT2D eigenvalue weighted by atomic mass is 10.1. The lowest BCUT2D eigenvalue weighted by molar-refractivity contribution is -0.122. The van der Waals surface area contributed by atoms with Crippen LogP contribution in [-0.4, -0.2) is 40.2 Å². The molecule has 1 amide bonds. The number of carbonyl (C=O) groups is 2. The fourth-order valence-corrected chi connectivity index (χ4v) is 5.52. The molecule has 1 fully saturated rings. The number of ether oxygens (including phenoxy) is 1. The van der Waals surface area contributed by atoms with Gasteiger partial charge in [-0.05, 0) is 60.7 Å². The van der Waals surface area contributed by atoms with Crippen LogP contribution in [0.25, 0.3) is 17.0 Å². The number of thioether (sulfide) groups is 1. The maximum Gasteiger partial charge on any atom is 0.337 e. The molecule has 0 aliphatic carbocycles. The maximum atomic E-state index is 13.3. The molecule has 0 radical (unpaired) electrons. The second-order valence-electron chi connectivity index (χ2n) is 8.42. The Kier molecular flexibility index (Phi) is 7.17. The number of hydrogen-bond acceptors (Lipinski definition) is 5. The van der Waals surface area contributed by atoms with Crippen molar-refractivity contribution < 1.29 is 14.3 Å². The monoisotopic (exact) mass is 529 g/mol. The number of fused-ring (bicyclic) bond motifs is 1. The second kappa shape index (κ2) is 10.7. The Balaban J connectivity index is 1.50. The highest BCUT2D eigenvalue weighted by Crippen LogP contribution is 2.36. The Hall–Kier alpha value is -3.81. The number of nitrogens with zero attached hydrogens (tertiary/aromatic N) is 3. The Labute approximate surface area is 224 Å². The molecular weight excluding hydrogens is 506 g/mol. The molecule has 0 saturated carbocycles. The number of carbonyl (C=O) groups excluding carboxylic acids is 2.